The molecule has 0 amide bonds. The van der Waals surface area contributed by atoms with Gasteiger partial charge in [0.25, 0.3) is 0 Å². The Balaban J connectivity index is 1.28. The molecule has 2 heterocycles. The zero-order chi connectivity index (χ0) is 30.6. The van der Waals surface area contributed by atoms with Crippen molar-refractivity contribution in [2.75, 3.05) is 0 Å². The van der Waals surface area contributed by atoms with Crippen molar-refractivity contribution in [2.24, 2.45) is 0 Å². The second kappa shape index (κ2) is 9.24. The predicted octanol–water partition coefficient (Wildman–Crippen LogP) is 10.7. The fourth-order valence-electron chi connectivity index (χ4n) is 8.35. The first-order chi connectivity index (χ1) is 23.3. The Morgan fingerprint density at radius 1 is 0.447 bits per heavy atom. The smallest absolute Gasteiger partial charge is 0.165 e. The van der Waals surface area contributed by atoms with Crippen LogP contribution in [0.5, 0.6) is 0 Å². The van der Waals surface area contributed by atoms with Crippen LogP contribution in [0, 0.1) is 0 Å². The predicted molar refractivity (Wildman–Crippen MR) is 193 cm³/mol. The van der Waals surface area contributed by atoms with Crippen molar-refractivity contribution in [3.8, 4) is 39.3 Å². The SMILES string of the molecule is c1ccc2c(c1)Cc1cc3c(cc1-2)c1c2ccccc2ccc1n3-c1nc2ccccc2nc1-c1cccc2c1Cc1ccccc1-2. The Morgan fingerprint density at radius 2 is 1.13 bits per heavy atom. The lowest BCUT2D eigenvalue weighted by atomic mass is 9.98. The highest BCUT2D eigenvalue weighted by Crippen LogP contribution is 2.46. The van der Waals surface area contributed by atoms with Gasteiger partial charge in [0.1, 0.15) is 5.69 Å². The van der Waals surface area contributed by atoms with E-state index >= 15 is 0 Å². The zero-order valence-corrected chi connectivity index (χ0v) is 25.5. The maximum atomic E-state index is 5.48. The maximum Gasteiger partial charge on any atom is 0.165 e. The van der Waals surface area contributed by atoms with Crippen molar-refractivity contribution < 1.29 is 0 Å². The number of para-hydroxylation sites is 2. The van der Waals surface area contributed by atoms with Gasteiger partial charge in [-0.25, -0.2) is 9.97 Å². The molecule has 0 unspecified atom stereocenters. The van der Waals surface area contributed by atoms with Crippen molar-refractivity contribution in [1.82, 2.24) is 14.5 Å². The summed E-state index contributed by atoms with van der Waals surface area (Å²) >= 11 is 0. The molecule has 0 saturated carbocycles. The van der Waals surface area contributed by atoms with E-state index in [1.54, 1.807) is 0 Å². The van der Waals surface area contributed by atoms with E-state index < -0.39 is 0 Å². The third-order valence-electron chi connectivity index (χ3n) is 10.4. The summed E-state index contributed by atoms with van der Waals surface area (Å²) in [7, 11) is 0. The Bertz CT molecular complexity index is 2800. The summed E-state index contributed by atoms with van der Waals surface area (Å²) in [5, 5.41) is 5.01. The average molecular weight is 598 g/mol. The highest BCUT2D eigenvalue weighted by atomic mass is 15.1. The van der Waals surface area contributed by atoms with E-state index in [2.05, 4.69) is 144 Å². The monoisotopic (exact) mass is 597 g/mol. The number of hydrogen-bond acceptors (Lipinski definition) is 2. The molecule has 0 aliphatic heterocycles. The summed E-state index contributed by atoms with van der Waals surface area (Å²) in [5.74, 6) is 0.874. The van der Waals surface area contributed by atoms with Gasteiger partial charge in [-0.1, -0.05) is 109 Å². The Morgan fingerprint density at radius 3 is 2.00 bits per heavy atom. The highest BCUT2D eigenvalue weighted by Gasteiger charge is 2.27. The molecule has 9 aromatic rings. The molecule has 0 atom stereocenters. The number of aromatic nitrogens is 3. The average Bonchev–Trinajstić information content (AvgIpc) is 3.79. The molecule has 2 aliphatic carbocycles. The Kier molecular flexibility index (Phi) is 4.95. The molecule has 0 bridgehead atoms. The molecule has 0 N–H and O–H groups in total. The van der Waals surface area contributed by atoms with E-state index in [-0.39, 0.29) is 0 Å². The molecular formula is C44H27N3. The van der Waals surface area contributed by atoms with E-state index in [4.69, 9.17) is 9.97 Å². The lowest BCUT2D eigenvalue weighted by Crippen LogP contribution is -2.05. The first kappa shape index (κ1) is 25.2. The topological polar surface area (TPSA) is 30.7 Å². The van der Waals surface area contributed by atoms with Gasteiger partial charge in [0.05, 0.1) is 22.1 Å². The van der Waals surface area contributed by atoms with Crippen molar-refractivity contribution >= 4 is 43.6 Å². The van der Waals surface area contributed by atoms with Crippen molar-refractivity contribution in [3.05, 3.63) is 162 Å². The van der Waals surface area contributed by atoms with Gasteiger partial charge >= 0.3 is 0 Å². The molecule has 218 valence electrons. The first-order valence-corrected chi connectivity index (χ1v) is 16.3. The molecule has 0 radical (unpaired) electrons. The number of hydrogen-bond donors (Lipinski definition) is 0. The molecular weight excluding hydrogens is 571 g/mol. The molecule has 47 heavy (non-hydrogen) atoms. The minimum absolute atomic E-state index is 0.874. The van der Waals surface area contributed by atoms with Gasteiger partial charge in [0.2, 0.25) is 0 Å². The summed E-state index contributed by atoms with van der Waals surface area (Å²) in [6, 6.07) is 50.7. The quantitative estimate of drug-likeness (QED) is 0.198. The van der Waals surface area contributed by atoms with Crippen LogP contribution < -0.4 is 0 Å². The molecule has 0 saturated heterocycles. The van der Waals surface area contributed by atoms with Gasteiger partial charge in [-0.3, -0.25) is 4.57 Å². The van der Waals surface area contributed by atoms with Gasteiger partial charge in [-0.2, -0.15) is 0 Å². The van der Waals surface area contributed by atoms with Gasteiger partial charge in [0, 0.05) is 16.3 Å². The normalized spacial score (nSPS) is 12.9. The molecule has 3 nitrogen and oxygen atoms in total. The first-order valence-electron chi connectivity index (χ1n) is 16.3. The lowest BCUT2D eigenvalue weighted by Gasteiger charge is -2.16. The molecule has 7 aromatic carbocycles. The fraction of sp³-hybridized carbons (Fsp3) is 0.0455. The van der Waals surface area contributed by atoms with Gasteiger partial charge in [-0.05, 0) is 98.5 Å². The Labute approximate surface area is 271 Å². The molecule has 3 heteroatoms. The largest absolute Gasteiger partial charge is 0.292 e. The van der Waals surface area contributed by atoms with Gasteiger partial charge < -0.3 is 0 Å². The molecule has 2 aromatic heterocycles. The van der Waals surface area contributed by atoms with E-state index in [0.717, 1.165) is 46.5 Å². The summed E-state index contributed by atoms with van der Waals surface area (Å²) < 4.78 is 2.40. The molecule has 0 fully saturated rings. The number of nitrogens with zero attached hydrogens (tertiary/aromatic N) is 3. The summed E-state index contributed by atoms with van der Waals surface area (Å²) in [6.07, 6.45) is 1.82. The van der Waals surface area contributed by atoms with Crippen molar-refractivity contribution in [3.63, 3.8) is 0 Å². The van der Waals surface area contributed by atoms with Crippen LogP contribution in [0.1, 0.15) is 22.3 Å². The molecule has 11 rings (SSSR count). The van der Waals surface area contributed by atoms with Crippen LogP contribution in [-0.2, 0) is 12.8 Å². The second-order valence-corrected chi connectivity index (χ2v) is 12.9. The van der Waals surface area contributed by atoms with E-state index in [1.165, 1.54) is 71.6 Å². The molecule has 2 aliphatic rings. The van der Waals surface area contributed by atoms with Gasteiger partial charge in [-0.15, -0.1) is 0 Å². The van der Waals surface area contributed by atoms with E-state index in [1.807, 2.05) is 0 Å². The van der Waals surface area contributed by atoms with E-state index in [0.29, 0.717) is 0 Å². The van der Waals surface area contributed by atoms with Crippen LogP contribution in [0.3, 0.4) is 0 Å². The fourth-order valence-corrected chi connectivity index (χ4v) is 8.35. The maximum absolute atomic E-state index is 5.48. The Hall–Kier alpha value is -6.06. The molecule has 0 spiro atoms. The van der Waals surface area contributed by atoms with Crippen LogP contribution in [0.2, 0.25) is 0 Å². The second-order valence-electron chi connectivity index (χ2n) is 12.9. The zero-order valence-electron chi connectivity index (χ0n) is 25.5. The van der Waals surface area contributed by atoms with Crippen LogP contribution in [0.15, 0.2) is 140 Å². The standard InChI is InChI=1S/C44H27N3/c1-6-15-32-26(10-1)20-21-40-42(32)37-25-35-29(22-27-11-2-5-14-31(27)35)24-41(37)47(40)44-43(45-38-18-7-8-19-39(38)46-44)34-17-9-16-33-30-13-4-3-12-28(30)23-36(33)34/h1-21,24-25H,22-23H2. The third kappa shape index (κ3) is 3.46. The van der Waals surface area contributed by atoms with Crippen LogP contribution in [0.25, 0.3) is 82.9 Å². The highest BCUT2D eigenvalue weighted by molar-refractivity contribution is 6.22. The van der Waals surface area contributed by atoms with Gasteiger partial charge in [0.15, 0.2) is 5.82 Å². The lowest BCUT2D eigenvalue weighted by molar-refractivity contribution is 1.07. The number of fused-ring (bicyclic) bond motifs is 12. The van der Waals surface area contributed by atoms with E-state index in [9.17, 15) is 0 Å². The summed E-state index contributed by atoms with van der Waals surface area (Å²) in [5.41, 5.74) is 16.9. The van der Waals surface area contributed by atoms with Crippen LogP contribution in [-0.4, -0.2) is 14.5 Å². The number of benzene rings is 7. The number of rotatable bonds is 2. The minimum Gasteiger partial charge on any atom is -0.292 e. The summed E-state index contributed by atoms with van der Waals surface area (Å²) in [6.45, 7) is 0. The van der Waals surface area contributed by atoms with Crippen molar-refractivity contribution in [1.29, 1.82) is 0 Å². The van der Waals surface area contributed by atoms with Crippen molar-refractivity contribution in [2.45, 2.75) is 12.8 Å². The summed E-state index contributed by atoms with van der Waals surface area (Å²) in [4.78, 5) is 10.9. The van der Waals surface area contributed by atoms with Crippen LogP contribution >= 0.6 is 0 Å². The third-order valence-corrected chi connectivity index (χ3v) is 10.4. The van der Waals surface area contributed by atoms with Crippen LogP contribution in [0.4, 0.5) is 0 Å². The minimum atomic E-state index is 0.874.